The van der Waals surface area contributed by atoms with Gasteiger partial charge in [-0.05, 0) is 29.7 Å². The van der Waals surface area contributed by atoms with Crippen molar-refractivity contribution in [2.45, 2.75) is 26.2 Å². The Morgan fingerprint density at radius 2 is 2.14 bits per heavy atom. The monoisotopic (exact) mass is 301 g/mol. The van der Waals surface area contributed by atoms with Crippen molar-refractivity contribution in [1.82, 2.24) is 9.59 Å². The summed E-state index contributed by atoms with van der Waals surface area (Å²) in [5, 5.41) is 15.6. The van der Waals surface area contributed by atoms with Crippen molar-refractivity contribution in [3.63, 3.8) is 0 Å². The van der Waals surface area contributed by atoms with Gasteiger partial charge in [0.25, 0.3) is 5.91 Å². The lowest BCUT2D eigenvalue weighted by Crippen LogP contribution is -2.20. The zero-order valence-electron chi connectivity index (χ0n) is 12.0. The predicted octanol–water partition coefficient (Wildman–Crippen LogP) is 2.54. The number of carbonyl (C=O) groups excluding carboxylic acids is 1. The number of nitrogens with one attached hydrogen (secondary N) is 1. The molecule has 0 saturated heterocycles. The molecule has 1 aromatic heterocycles. The summed E-state index contributed by atoms with van der Waals surface area (Å²) in [5.74, 6) is -0.300. The van der Waals surface area contributed by atoms with Crippen molar-refractivity contribution in [2.75, 3.05) is 11.1 Å². The highest BCUT2D eigenvalue weighted by Crippen LogP contribution is 2.27. The standard InChI is InChI=1S/C14H15N5OS/c1-14(2,3)12-11(21-19-18-12)13(20)17-10-5-4-8(7-15)6-9(10)16/h4-6H,16H2,1-3H3,(H,17,20). The van der Waals surface area contributed by atoms with Crippen molar-refractivity contribution in [2.24, 2.45) is 0 Å². The summed E-state index contributed by atoms with van der Waals surface area (Å²) in [7, 11) is 0. The highest BCUT2D eigenvalue weighted by molar-refractivity contribution is 7.08. The van der Waals surface area contributed by atoms with Crippen LogP contribution >= 0.6 is 11.5 Å². The van der Waals surface area contributed by atoms with Crippen LogP contribution in [0.25, 0.3) is 0 Å². The summed E-state index contributed by atoms with van der Waals surface area (Å²) in [4.78, 5) is 12.8. The van der Waals surface area contributed by atoms with Gasteiger partial charge in [-0.1, -0.05) is 25.3 Å². The van der Waals surface area contributed by atoms with Crippen LogP contribution in [-0.4, -0.2) is 15.5 Å². The molecular weight excluding hydrogens is 286 g/mol. The molecule has 6 nitrogen and oxygen atoms in total. The van der Waals surface area contributed by atoms with E-state index in [2.05, 4.69) is 14.9 Å². The van der Waals surface area contributed by atoms with Gasteiger partial charge in [0, 0.05) is 5.41 Å². The maximum atomic E-state index is 12.3. The first-order valence-corrected chi connectivity index (χ1v) is 7.04. The van der Waals surface area contributed by atoms with Crippen molar-refractivity contribution in [1.29, 1.82) is 5.26 Å². The topological polar surface area (TPSA) is 105 Å². The van der Waals surface area contributed by atoms with E-state index >= 15 is 0 Å². The molecule has 1 heterocycles. The van der Waals surface area contributed by atoms with Gasteiger partial charge in [-0.25, -0.2) is 0 Å². The van der Waals surface area contributed by atoms with Crippen LogP contribution in [-0.2, 0) is 5.41 Å². The molecule has 0 bridgehead atoms. The lowest BCUT2D eigenvalue weighted by atomic mass is 9.91. The molecule has 1 aromatic carbocycles. The maximum Gasteiger partial charge on any atom is 0.269 e. The van der Waals surface area contributed by atoms with E-state index in [1.165, 1.54) is 6.07 Å². The van der Waals surface area contributed by atoms with E-state index < -0.39 is 0 Å². The molecule has 0 aliphatic carbocycles. The quantitative estimate of drug-likeness (QED) is 0.829. The average molecular weight is 301 g/mol. The second kappa shape index (κ2) is 5.50. The predicted molar refractivity (Wildman–Crippen MR) is 82.1 cm³/mol. The number of rotatable bonds is 2. The summed E-state index contributed by atoms with van der Waals surface area (Å²) in [6, 6.07) is 6.72. The molecule has 0 fully saturated rings. The zero-order chi connectivity index (χ0) is 15.6. The number of anilines is 2. The highest BCUT2D eigenvalue weighted by Gasteiger charge is 2.26. The van der Waals surface area contributed by atoms with Crippen LogP contribution in [0.15, 0.2) is 18.2 Å². The Balaban J connectivity index is 2.28. The Bertz CT molecular complexity index is 724. The molecule has 2 rings (SSSR count). The second-order valence-corrected chi connectivity index (χ2v) is 6.32. The highest BCUT2D eigenvalue weighted by atomic mass is 32.1. The number of nitriles is 1. The van der Waals surface area contributed by atoms with Crippen LogP contribution in [0.5, 0.6) is 0 Å². The molecule has 0 radical (unpaired) electrons. The molecule has 0 aliphatic rings. The van der Waals surface area contributed by atoms with Gasteiger partial charge in [0.2, 0.25) is 0 Å². The summed E-state index contributed by atoms with van der Waals surface area (Å²) in [6.45, 7) is 5.91. The Hall–Kier alpha value is -2.46. The molecule has 0 unspecified atom stereocenters. The molecule has 108 valence electrons. The van der Waals surface area contributed by atoms with Gasteiger partial charge >= 0.3 is 0 Å². The van der Waals surface area contributed by atoms with Gasteiger partial charge in [-0.2, -0.15) is 5.26 Å². The third-order valence-electron chi connectivity index (χ3n) is 2.83. The minimum absolute atomic E-state index is 0.268. The molecule has 2 aromatic rings. The first-order chi connectivity index (χ1) is 9.82. The van der Waals surface area contributed by atoms with Gasteiger partial charge in [0.1, 0.15) is 4.88 Å². The molecule has 0 saturated carbocycles. The van der Waals surface area contributed by atoms with E-state index in [1.54, 1.807) is 12.1 Å². The fourth-order valence-electron chi connectivity index (χ4n) is 1.76. The fraction of sp³-hybridized carbons (Fsp3) is 0.286. The summed E-state index contributed by atoms with van der Waals surface area (Å²) >= 11 is 1.05. The van der Waals surface area contributed by atoms with Crippen LogP contribution in [0.3, 0.4) is 0 Å². The fourth-order valence-corrected chi connectivity index (χ4v) is 2.53. The van der Waals surface area contributed by atoms with Gasteiger partial charge in [-0.15, -0.1) is 5.10 Å². The number of hydrogen-bond donors (Lipinski definition) is 2. The number of nitrogens with zero attached hydrogens (tertiary/aromatic N) is 3. The first-order valence-electron chi connectivity index (χ1n) is 6.26. The van der Waals surface area contributed by atoms with Crippen molar-refractivity contribution < 1.29 is 4.79 Å². The number of amides is 1. The molecule has 0 atom stereocenters. The van der Waals surface area contributed by atoms with E-state index in [0.717, 1.165) is 11.5 Å². The number of aromatic nitrogens is 2. The molecule has 3 N–H and O–H groups in total. The third-order valence-corrected chi connectivity index (χ3v) is 3.56. The van der Waals surface area contributed by atoms with E-state index in [9.17, 15) is 4.79 Å². The van der Waals surface area contributed by atoms with Crippen LogP contribution in [0, 0.1) is 11.3 Å². The lowest BCUT2D eigenvalue weighted by Gasteiger charge is -2.16. The summed E-state index contributed by atoms with van der Waals surface area (Å²) in [6.07, 6.45) is 0. The largest absolute Gasteiger partial charge is 0.397 e. The van der Waals surface area contributed by atoms with Crippen LogP contribution < -0.4 is 11.1 Å². The number of nitrogens with two attached hydrogens (primary N) is 1. The number of nitrogen functional groups attached to an aromatic ring is 1. The second-order valence-electron chi connectivity index (χ2n) is 5.57. The summed E-state index contributed by atoms with van der Waals surface area (Å²) < 4.78 is 3.86. The zero-order valence-corrected chi connectivity index (χ0v) is 12.8. The Morgan fingerprint density at radius 1 is 1.43 bits per heavy atom. The average Bonchev–Trinajstić information content (AvgIpc) is 2.90. The molecular formula is C14H15N5OS. The maximum absolute atomic E-state index is 12.3. The minimum atomic E-state index is -0.300. The van der Waals surface area contributed by atoms with Gasteiger partial charge in [0.15, 0.2) is 0 Å². The van der Waals surface area contributed by atoms with E-state index in [-0.39, 0.29) is 11.3 Å². The number of hydrogen-bond acceptors (Lipinski definition) is 6. The Morgan fingerprint density at radius 3 is 2.71 bits per heavy atom. The molecule has 7 heteroatoms. The number of benzene rings is 1. The van der Waals surface area contributed by atoms with E-state index in [0.29, 0.717) is 27.5 Å². The SMILES string of the molecule is CC(C)(C)c1nnsc1C(=O)Nc1ccc(C#N)cc1N. The normalized spacial score (nSPS) is 11.0. The lowest BCUT2D eigenvalue weighted by molar-refractivity contribution is 0.102. The number of carbonyl (C=O) groups is 1. The van der Waals surface area contributed by atoms with Crippen LogP contribution in [0.1, 0.15) is 41.7 Å². The van der Waals surface area contributed by atoms with Crippen molar-refractivity contribution in [3.05, 3.63) is 34.3 Å². The third kappa shape index (κ3) is 3.17. The molecule has 0 aliphatic heterocycles. The Kier molecular flexibility index (Phi) is 3.91. The van der Waals surface area contributed by atoms with E-state index in [1.807, 2.05) is 26.8 Å². The molecule has 0 spiro atoms. The van der Waals surface area contributed by atoms with Gasteiger partial charge in [0.05, 0.1) is 28.7 Å². The van der Waals surface area contributed by atoms with Crippen LogP contribution in [0.2, 0.25) is 0 Å². The first kappa shape index (κ1) is 14.9. The smallest absolute Gasteiger partial charge is 0.269 e. The van der Waals surface area contributed by atoms with E-state index in [4.69, 9.17) is 11.0 Å². The summed E-state index contributed by atoms with van der Waals surface area (Å²) in [5.41, 5.74) is 7.47. The minimum Gasteiger partial charge on any atom is -0.397 e. The molecule has 21 heavy (non-hydrogen) atoms. The van der Waals surface area contributed by atoms with Gasteiger partial charge < -0.3 is 11.1 Å². The van der Waals surface area contributed by atoms with Crippen molar-refractivity contribution >= 4 is 28.8 Å². The van der Waals surface area contributed by atoms with Crippen LogP contribution in [0.4, 0.5) is 11.4 Å². The Labute approximate surface area is 126 Å². The van der Waals surface area contributed by atoms with Crippen molar-refractivity contribution in [3.8, 4) is 6.07 Å². The molecule has 1 amide bonds. The van der Waals surface area contributed by atoms with Gasteiger partial charge in [-0.3, -0.25) is 4.79 Å².